The van der Waals surface area contributed by atoms with E-state index >= 15 is 0 Å². The summed E-state index contributed by atoms with van der Waals surface area (Å²) in [6.07, 6.45) is 0. The molecule has 1 N–H and O–H groups in total. The van der Waals surface area contributed by atoms with Crippen molar-refractivity contribution in [3.05, 3.63) is 57.6 Å². The minimum atomic E-state index is 0.495. The molecule has 102 valence electrons. The zero-order chi connectivity index (χ0) is 14.5. The standard InChI is InChI=1S/C15H12Cl2N2O/c1-20-14-4-2-3-11(8-18)15(14)19-9-10-5-12(16)7-13(17)6-10/h2-7,19H,9H2,1H3. The highest BCUT2D eigenvalue weighted by atomic mass is 35.5. The van der Waals surface area contributed by atoms with Crippen molar-refractivity contribution >= 4 is 28.9 Å². The van der Waals surface area contributed by atoms with Gasteiger partial charge in [-0.25, -0.2) is 0 Å². The van der Waals surface area contributed by atoms with Gasteiger partial charge in [-0.3, -0.25) is 0 Å². The molecular formula is C15H12Cl2N2O. The average Bonchev–Trinajstić information content (AvgIpc) is 2.43. The summed E-state index contributed by atoms with van der Waals surface area (Å²) in [5.74, 6) is 0.622. The van der Waals surface area contributed by atoms with Crippen LogP contribution in [0.4, 0.5) is 5.69 Å². The van der Waals surface area contributed by atoms with Gasteiger partial charge in [-0.1, -0.05) is 29.3 Å². The molecule has 0 unspecified atom stereocenters. The molecule has 0 heterocycles. The fourth-order valence-corrected chi connectivity index (χ4v) is 2.45. The van der Waals surface area contributed by atoms with Gasteiger partial charge >= 0.3 is 0 Å². The molecule has 0 radical (unpaired) electrons. The molecule has 2 aromatic rings. The third-order valence-corrected chi connectivity index (χ3v) is 3.19. The number of anilines is 1. The van der Waals surface area contributed by atoms with Crippen molar-refractivity contribution < 1.29 is 4.74 Å². The lowest BCUT2D eigenvalue weighted by Crippen LogP contribution is -2.03. The first-order valence-electron chi connectivity index (χ1n) is 5.90. The van der Waals surface area contributed by atoms with Gasteiger partial charge in [0.25, 0.3) is 0 Å². The van der Waals surface area contributed by atoms with Crippen molar-refractivity contribution in [3.63, 3.8) is 0 Å². The Morgan fingerprint density at radius 3 is 2.50 bits per heavy atom. The van der Waals surface area contributed by atoms with Crippen molar-refractivity contribution in [2.75, 3.05) is 12.4 Å². The van der Waals surface area contributed by atoms with Crippen LogP contribution >= 0.6 is 23.2 Å². The predicted molar refractivity (Wildman–Crippen MR) is 81.5 cm³/mol. The molecular weight excluding hydrogens is 295 g/mol. The zero-order valence-electron chi connectivity index (χ0n) is 10.8. The first-order chi connectivity index (χ1) is 9.63. The molecule has 2 rings (SSSR count). The number of nitriles is 1. The summed E-state index contributed by atoms with van der Waals surface area (Å²) in [5.41, 5.74) is 2.11. The van der Waals surface area contributed by atoms with Crippen molar-refractivity contribution in [1.82, 2.24) is 0 Å². The molecule has 0 saturated heterocycles. The maximum atomic E-state index is 9.14. The molecule has 2 aromatic carbocycles. The number of ether oxygens (including phenoxy) is 1. The van der Waals surface area contributed by atoms with E-state index in [4.69, 9.17) is 33.2 Å². The van der Waals surface area contributed by atoms with Crippen molar-refractivity contribution in [1.29, 1.82) is 5.26 Å². The molecule has 5 heteroatoms. The monoisotopic (exact) mass is 306 g/mol. The first kappa shape index (κ1) is 14.5. The average molecular weight is 307 g/mol. The van der Waals surface area contributed by atoms with Crippen LogP contribution in [0, 0.1) is 11.3 Å². The summed E-state index contributed by atoms with van der Waals surface area (Å²) in [5, 5.41) is 13.5. The highest BCUT2D eigenvalue weighted by Gasteiger charge is 2.08. The van der Waals surface area contributed by atoms with Crippen LogP contribution in [-0.4, -0.2) is 7.11 Å². The Labute approximate surface area is 127 Å². The molecule has 0 aliphatic rings. The lowest BCUT2D eigenvalue weighted by Gasteiger charge is -2.13. The zero-order valence-corrected chi connectivity index (χ0v) is 12.3. The molecule has 0 aromatic heterocycles. The number of halogens is 2. The van der Waals surface area contributed by atoms with Crippen LogP contribution in [0.3, 0.4) is 0 Å². The van der Waals surface area contributed by atoms with Gasteiger partial charge in [-0.15, -0.1) is 0 Å². The highest BCUT2D eigenvalue weighted by Crippen LogP contribution is 2.29. The molecule has 0 aliphatic heterocycles. The number of methoxy groups -OCH3 is 1. The number of nitrogens with one attached hydrogen (secondary N) is 1. The number of nitrogens with zero attached hydrogens (tertiary/aromatic N) is 1. The molecule has 0 atom stereocenters. The fourth-order valence-electron chi connectivity index (χ4n) is 1.88. The summed E-state index contributed by atoms with van der Waals surface area (Å²) in [6.45, 7) is 0.495. The van der Waals surface area contributed by atoms with Crippen molar-refractivity contribution in [2.24, 2.45) is 0 Å². The van der Waals surface area contributed by atoms with E-state index < -0.39 is 0 Å². The van der Waals surface area contributed by atoms with Crippen LogP contribution < -0.4 is 10.1 Å². The lowest BCUT2D eigenvalue weighted by molar-refractivity contribution is 0.416. The topological polar surface area (TPSA) is 45.0 Å². The Bertz CT molecular complexity index is 645. The number of hydrogen-bond donors (Lipinski definition) is 1. The van der Waals surface area contributed by atoms with E-state index in [1.54, 1.807) is 31.4 Å². The van der Waals surface area contributed by atoms with Gasteiger partial charge < -0.3 is 10.1 Å². The maximum Gasteiger partial charge on any atom is 0.143 e. The van der Waals surface area contributed by atoms with Crippen LogP contribution in [-0.2, 0) is 6.54 Å². The van der Waals surface area contributed by atoms with Crippen LogP contribution in [0.15, 0.2) is 36.4 Å². The molecule has 0 aliphatic carbocycles. The van der Waals surface area contributed by atoms with Crippen LogP contribution in [0.1, 0.15) is 11.1 Å². The first-order valence-corrected chi connectivity index (χ1v) is 6.65. The van der Waals surface area contributed by atoms with Crippen molar-refractivity contribution in [2.45, 2.75) is 6.54 Å². The smallest absolute Gasteiger partial charge is 0.143 e. The summed E-state index contributed by atoms with van der Waals surface area (Å²) in [6, 6.07) is 12.8. The largest absolute Gasteiger partial charge is 0.495 e. The Morgan fingerprint density at radius 1 is 1.20 bits per heavy atom. The molecule has 0 saturated carbocycles. The lowest BCUT2D eigenvalue weighted by atomic mass is 10.1. The van der Waals surface area contributed by atoms with Gasteiger partial charge in [0.2, 0.25) is 0 Å². The normalized spacial score (nSPS) is 9.90. The fraction of sp³-hybridized carbons (Fsp3) is 0.133. The number of benzene rings is 2. The van der Waals surface area contributed by atoms with Crippen LogP contribution in [0.5, 0.6) is 5.75 Å². The molecule has 0 bridgehead atoms. The minimum Gasteiger partial charge on any atom is -0.495 e. The Kier molecular flexibility index (Phi) is 4.73. The SMILES string of the molecule is COc1cccc(C#N)c1NCc1cc(Cl)cc(Cl)c1. The van der Waals surface area contributed by atoms with Crippen molar-refractivity contribution in [3.8, 4) is 11.8 Å². The predicted octanol–water partition coefficient (Wildman–Crippen LogP) is 4.49. The number of rotatable bonds is 4. The van der Waals surface area contributed by atoms with Gasteiger partial charge in [0.15, 0.2) is 0 Å². The van der Waals surface area contributed by atoms with Gasteiger partial charge in [0.05, 0.1) is 18.4 Å². The summed E-state index contributed by atoms with van der Waals surface area (Å²) >= 11 is 11.9. The second-order valence-corrected chi connectivity index (χ2v) is 5.00. The van der Waals surface area contributed by atoms with Crippen LogP contribution in [0.25, 0.3) is 0 Å². The number of hydrogen-bond acceptors (Lipinski definition) is 3. The van der Waals surface area contributed by atoms with E-state index in [9.17, 15) is 0 Å². The minimum absolute atomic E-state index is 0.495. The summed E-state index contributed by atoms with van der Waals surface area (Å²) in [4.78, 5) is 0. The number of para-hydroxylation sites is 1. The van der Waals surface area contributed by atoms with Crippen LogP contribution in [0.2, 0.25) is 10.0 Å². The Morgan fingerprint density at radius 2 is 1.90 bits per heavy atom. The van der Waals surface area contributed by atoms with Gasteiger partial charge in [0.1, 0.15) is 11.8 Å². The second-order valence-electron chi connectivity index (χ2n) is 4.13. The van der Waals surface area contributed by atoms with E-state index in [2.05, 4.69) is 11.4 Å². The molecule has 3 nitrogen and oxygen atoms in total. The van der Waals surface area contributed by atoms with E-state index in [-0.39, 0.29) is 0 Å². The second kappa shape index (κ2) is 6.51. The summed E-state index contributed by atoms with van der Waals surface area (Å²) in [7, 11) is 1.57. The third kappa shape index (κ3) is 3.36. The van der Waals surface area contributed by atoms with Gasteiger partial charge in [-0.05, 0) is 35.9 Å². The van der Waals surface area contributed by atoms with E-state index in [0.29, 0.717) is 33.6 Å². The van der Waals surface area contributed by atoms with E-state index in [0.717, 1.165) is 5.56 Å². The Hall–Kier alpha value is -1.89. The molecule has 0 spiro atoms. The Balaban J connectivity index is 2.24. The maximum absolute atomic E-state index is 9.14. The molecule has 20 heavy (non-hydrogen) atoms. The molecule has 0 amide bonds. The quantitative estimate of drug-likeness (QED) is 0.905. The van der Waals surface area contributed by atoms with Gasteiger partial charge in [0, 0.05) is 16.6 Å². The van der Waals surface area contributed by atoms with E-state index in [1.807, 2.05) is 12.1 Å². The summed E-state index contributed by atoms with van der Waals surface area (Å²) < 4.78 is 5.26. The third-order valence-electron chi connectivity index (χ3n) is 2.76. The molecule has 0 fully saturated rings. The van der Waals surface area contributed by atoms with Gasteiger partial charge in [-0.2, -0.15) is 5.26 Å². The van der Waals surface area contributed by atoms with E-state index in [1.165, 1.54) is 0 Å². The highest BCUT2D eigenvalue weighted by molar-refractivity contribution is 6.34.